The number of aryl methyl sites for hydroxylation is 1. The Kier molecular flexibility index (Phi) is 3.84. The van der Waals surface area contributed by atoms with Gasteiger partial charge in [-0.1, -0.05) is 0 Å². The van der Waals surface area contributed by atoms with Gasteiger partial charge < -0.3 is 15.1 Å². The maximum atomic E-state index is 11.6. The second kappa shape index (κ2) is 5.55. The second-order valence-corrected chi connectivity index (χ2v) is 4.33. The first kappa shape index (κ1) is 13.1. The molecule has 1 atom stereocenters. The number of carbonyl (C=O) groups is 3. The van der Waals surface area contributed by atoms with Gasteiger partial charge in [-0.25, -0.2) is 4.79 Å². The molecule has 7 heteroatoms. The van der Waals surface area contributed by atoms with Crippen LogP contribution in [0.2, 0.25) is 0 Å². The Hall–Kier alpha value is -2.31. The molecule has 0 aromatic carbocycles. The molecule has 0 radical (unpaired) electrons. The highest BCUT2D eigenvalue weighted by atomic mass is 16.3. The van der Waals surface area contributed by atoms with Crippen LogP contribution in [0.5, 0.6) is 0 Å². The number of urea groups is 1. The first-order valence-electron chi connectivity index (χ1n) is 5.98. The fourth-order valence-corrected chi connectivity index (χ4v) is 1.80. The highest BCUT2D eigenvalue weighted by Crippen LogP contribution is 2.06. The summed E-state index contributed by atoms with van der Waals surface area (Å²) in [7, 11) is 0. The predicted molar refractivity (Wildman–Crippen MR) is 65.2 cm³/mol. The van der Waals surface area contributed by atoms with Gasteiger partial charge in [0.15, 0.2) is 0 Å². The summed E-state index contributed by atoms with van der Waals surface area (Å²) < 4.78 is 5.36. The Morgan fingerprint density at radius 3 is 2.79 bits per heavy atom. The lowest BCUT2D eigenvalue weighted by molar-refractivity contribution is -0.126. The normalized spacial score (nSPS) is 18.1. The summed E-state index contributed by atoms with van der Waals surface area (Å²) in [5.41, 5.74) is 0. The highest BCUT2D eigenvalue weighted by molar-refractivity contribution is 6.05. The maximum absolute atomic E-state index is 11.6. The molecular formula is C12H15N3O4. The molecule has 4 amide bonds. The van der Waals surface area contributed by atoms with Crippen molar-refractivity contribution in [3.05, 3.63) is 23.7 Å². The van der Waals surface area contributed by atoms with Crippen LogP contribution in [0.3, 0.4) is 0 Å². The lowest BCUT2D eigenvalue weighted by Gasteiger charge is -2.07. The van der Waals surface area contributed by atoms with Gasteiger partial charge in [0, 0.05) is 13.0 Å². The molecule has 1 aliphatic rings. The molecule has 2 rings (SSSR count). The van der Waals surface area contributed by atoms with E-state index in [0.717, 1.165) is 11.5 Å². The van der Waals surface area contributed by atoms with Crippen LogP contribution in [-0.2, 0) is 16.0 Å². The number of hydrogen-bond acceptors (Lipinski definition) is 4. The van der Waals surface area contributed by atoms with E-state index in [9.17, 15) is 14.4 Å². The summed E-state index contributed by atoms with van der Waals surface area (Å²) in [6, 6.07) is 2.37. The zero-order valence-electron chi connectivity index (χ0n) is 10.5. The molecule has 1 fully saturated rings. The van der Waals surface area contributed by atoms with Crippen LogP contribution in [0.1, 0.15) is 17.9 Å². The summed E-state index contributed by atoms with van der Waals surface area (Å²) in [6.45, 7) is 2.28. The van der Waals surface area contributed by atoms with Crippen LogP contribution < -0.4 is 16.0 Å². The molecule has 1 unspecified atom stereocenters. The molecule has 3 N–H and O–H groups in total. The third kappa shape index (κ3) is 3.57. The average Bonchev–Trinajstić information content (AvgIpc) is 2.86. The number of nitrogens with one attached hydrogen (secondary N) is 3. The lowest BCUT2D eigenvalue weighted by Crippen LogP contribution is -2.36. The summed E-state index contributed by atoms with van der Waals surface area (Å²) in [4.78, 5) is 33.7. The van der Waals surface area contributed by atoms with Crippen molar-refractivity contribution in [1.29, 1.82) is 0 Å². The average molecular weight is 265 g/mol. The van der Waals surface area contributed by atoms with Crippen molar-refractivity contribution in [2.45, 2.75) is 25.8 Å². The molecule has 102 valence electrons. The Morgan fingerprint density at radius 1 is 1.42 bits per heavy atom. The zero-order valence-corrected chi connectivity index (χ0v) is 10.5. The minimum atomic E-state index is -0.779. The second-order valence-electron chi connectivity index (χ2n) is 4.33. The van der Waals surface area contributed by atoms with Crippen LogP contribution in [-0.4, -0.2) is 30.4 Å². The third-order valence-electron chi connectivity index (χ3n) is 2.74. The van der Waals surface area contributed by atoms with Gasteiger partial charge in [-0.05, 0) is 19.1 Å². The number of amides is 4. The van der Waals surface area contributed by atoms with E-state index in [0.29, 0.717) is 13.0 Å². The molecule has 19 heavy (non-hydrogen) atoms. The van der Waals surface area contributed by atoms with E-state index in [4.69, 9.17) is 4.42 Å². The quantitative estimate of drug-likeness (QED) is 0.644. The highest BCUT2D eigenvalue weighted by Gasteiger charge is 2.30. The van der Waals surface area contributed by atoms with E-state index >= 15 is 0 Å². The lowest BCUT2D eigenvalue weighted by atomic mass is 10.2. The zero-order chi connectivity index (χ0) is 13.8. The van der Waals surface area contributed by atoms with Crippen molar-refractivity contribution in [1.82, 2.24) is 16.0 Å². The summed E-state index contributed by atoms with van der Waals surface area (Å²) in [5.74, 6) is 0.865. The molecule has 2 heterocycles. The van der Waals surface area contributed by atoms with Crippen molar-refractivity contribution < 1.29 is 18.8 Å². The van der Waals surface area contributed by atoms with E-state index in [2.05, 4.69) is 16.0 Å². The van der Waals surface area contributed by atoms with E-state index < -0.39 is 18.0 Å². The molecule has 1 saturated heterocycles. The molecule has 1 aromatic heterocycles. The molecule has 0 saturated carbocycles. The first-order valence-corrected chi connectivity index (χ1v) is 5.98. The summed E-state index contributed by atoms with van der Waals surface area (Å²) >= 11 is 0. The predicted octanol–water partition coefficient (Wildman–Crippen LogP) is -0.155. The van der Waals surface area contributed by atoms with Gasteiger partial charge in [0.05, 0.1) is 6.42 Å². The van der Waals surface area contributed by atoms with Crippen LogP contribution in [0.4, 0.5) is 4.79 Å². The Labute approximate surface area is 109 Å². The molecule has 1 aromatic rings. The van der Waals surface area contributed by atoms with Gasteiger partial charge in [-0.15, -0.1) is 0 Å². The van der Waals surface area contributed by atoms with E-state index in [1.807, 2.05) is 19.1 Å². The maximum Gasteiger partial charge on any atom is 0.322 e. The number of hydrogen-bond donors (Lipinski definition) is 3. The van der Waals surface area contributed by atoms with Crippen molar-refractivity contribution >= 4 is 17.8 Å². The van der Waals surface area contributed by atoms with Crippen molar-refractivity contribution in [3.63, 3.8) is 0 Å². The van der Waals surface area contributed by atoms with E-state index in [1.165, 1.54) is 0 Å². The van der Waals surface area contributed by atoms with Crippen LogP contribution in [0.15, 0.2) is 16.5 Å². The third-order valence-corrected chi connectivity index (χ3v) is 2.74. The van der Waals surface area contributed by atoms with Gasteiger partial charge in [0.25, 0.3) is 5.91 Å². The van der Waals surface area contributed by atoms with Gasteiger partial charge in [0.2, 0.25) is 5.91 Å². The first-order chi connectivity index (χ1) is 9.04. The molecule has 7 nitrogen and oxygen atoms in total. The van der Waals surface area contributed by atoms with Crippen molar-refractivity contribution in [3.8, 4) is 0 Å². The summed E-state index contributed by atoms with van der Waals surface area (Å²) in [5, 5.41) is 7.11. The van der Waals surface area contributed by atoms with E-state index in [1.54, 1.807) is 0 Å². The largest absolute Gasteiger partial charge is 0.466 e. The SMILES string of the molecule is Cc1ccc(CCNC(=O)CC2NC(=O)NC2=O)o1. The van der Waals surface area contributed by atoms with Gasteiger partial charge >= 0.3 is 6.03 Å². The van der Waals surface area contributed by atoms with Crippen molar-refractivity contribution in [2.24, 2.45) is 0 Å². The molecule has 0 aliphatic carbocycles. The molecule has 1 aliphatic heterocycles. The summed E-state index contributed by atoms with van der Waals surface area (Å²) in [6.07, 6.45) is 0.525. The van der Waals surface area contributed by atoms with Gasteiger partial charge in [0.1, 0.15) is 17.6 Å². The minimum absolute atomic E-state index is 0.0608. The fourth-order valence-electron chi connectivity index (χ4n) is 1.80. The Morgan fingerprint density at radius 2 is 2.21 bits per heavy atom. The van der Waals surface area contributed by atoms with Crippen molar-refractivity contribution in [2.75, 3.05) is 6.54 Å². The standard InChI is InChI=1S/C12H15N3O4/c1-7-2-3-8(19-7)4-5-13-10(16)6-9-11(17)15-12(18)14-9/h2-3,9H,4-6H2,1H3,(H,13,16)(H2,14,15,17,18). The van der Waals surface area contributed by atoms with Crippen LogP contribution in [0.25, 0.3) is 0 Å². The number of furan rings is 1. The monoisotopic (exact) mass is 265 g/mol. The molecule has 0 bridgehead atoms. The van der Waals surface area contributed by atoms with Gasteiger partial charge in [-0.2, -0.15) is 0 Å². The fraction of sp³-hybridized carbons (Fsp3) is 0.417. The number of carbonyl (C=O) groups excluding carboxylic acids is 3. The Bertz CT molecular complexity index is 509. The Balaban J connectivity index is 1.70. The van der Waals surface area contributed by atoms with Crippen LogP contribution in [0, 0.1) is 6.92 Å². The number of rotatable bonds is 5. The minimum Gasteiger partial charge on any atom is -0.466 e. The topological polar surface area (TPSA) is 100 Å². The number of imide groups is 1. The molecule has 0 spiro atoms. The smallest absolute Gasteiger partial charge is 0.322 e. The van der Waals surface area contributed by atoms with E-state index in [-0.39, 0.29) is 12.3 Å². The van der Waals surface area contributed by atoms with Gasteiger partial charge in [-0.3, -0.25) is 14.9 Å². The molecular weight excluding hydrogens is 250 g/mol. The van der Waals surface area contributed by atoms with Crippen LogP contribution >= 0.6 is 0 Å².